The van der Waals surface area contributed by atoms with E-state index in [-0.39, 0.29) is 35.5 Å². The number of nitrogens with one attached hydrogen (secondary N) is 1. The number of thiophene rings is 1. The Balaban J connectivity index is 0.00000208. The summed E-state index contributed by atoms with van der Waals surface area (Å²) in [6.45, 7) is 12.4. The zero-order valence-corrected chi connectivity index (χ0v) is 16.6. The molecule has 2 unspecified atom stereocenters. The van der Waals surface area contributed by atoms with Gasteiger partial charge in [-0.15, -0.1) is 23.7 Å². The van der Waals surface area contributed by atoms with E-state index in [0.29, 0.717) is 0 Å². The van der Waals surface area contributed by atoms with Gasteiger partial charge in [-0.3, -0.25) is 9.69 Å². The number of nitrogens with zero attached hydrogens (tertiary/aromatic N) is 2. The number of hydrogen-bond acceptors (Lipinski definition) is 5. The number of aromatic nitrogens is 2. The fraction of sp³-hybridized carbons (Fsp3) is 0.647. The van der Waals surface area contributed by atoms with E-state index in [0.717, 1.165) is 46.0 Å². The third kappa shape index (κ3) is 3.25. The van der Waals surface area contributed by atoms with E-state index in [1.807, 2.05) is 13.8 Å². The van der Waals surface area contributed by atoms with Gasteiger partial charge in [-0.1, -0.05) is 13.8 Å². The highest BCUT2D eigenvalue weighted by atomic mass is 35.5. The quantitative estimate of drug-likeness (QED) is 0.851. The van der Waals surface area contributed by atoms with Crippen LogP contribution in [0.2, 0.25) is 0 Å². The Labute approximate surface area is 153 Å². The van der Waals surface area contributed by atoms with Crippen LogP contribution in [0.3, 0.4) is 0 Å². The van der Waals surface area contributed by atoms with E-state index < -0.39 is 0 Å². The third-order valence-electron chi connectivity index (χ3n) is 5.34. The monoisotopic (exact) mass is 370 g/mol. The van der Waals surface area contributed by atoms with Crippen molar-refractivity contribution in [2.45, 2.75) is 53.1 Å². The number of aromatic amines is 1. The molecule has 2 aromatic heterocycles. The summed E-state index contributed by atoms with van der Waals surface area (Å²) in [6.07, 6.45) is 0.973. The molecule has 3 heterocycles. The molecule has 3 rings (SSSR count). The molecule has 1 aliphatic rings. The molecule has 0 radical (unpaired) electrons. The first kappa shape index (κ1) is 19.4. The summed E-state index contributed by atoms with van der Waals surface area (Å²) >= 11 is 1.60. The summed E-state index contributed by atoms with van der Waals surface area (Å²) < 4.78 is 0. The molecule has 1 saturated heterocycles. The van der Waals surface area contributed by atoms with Crippen LogP contribution in [0.4, 0.5) is 0 Å². The lowest BCUT2D eigenvalue weighted by atomic mass is 9.79. The highest BCUT2D eigenvalue weighted by Gasteiger charge is 2.36. The van der Waals surface area contributed by atoms with Crippen LogP contribution in [-0.4, -0.2) is 34.0 Å². The van der Waals surface area contributed by atoms with Crippen LogP contribution in [-0.2, 0) is 0 Å². The van der Waals surface area contributed by atoms with Crippen molar-refractivity contribution in [1.29, 1.82) is 0 Å². The number of likely N-dealkylation sites (tertiary alicyclic amines) is 1. The first-order valence-corrected chi connectivity index (χ1v) is 9.02. The second-order valence-electron chi connectivity index (χ2n) is 7.44. The van der Waals surface area contributed by atoms with Crippen LogP contribution in [0.15, 0.2) is 4.79 Å². The molecule has 3 N–H and O–H groups in total. The van der Waals surface area contributed by atoms with E-state index in [4.69, 9.17) is 10.7 Å². The van der Waals surface area contributed by atoms with Crippen LogP contribution >= 0.6 is 23.7 Å². The summed E-state index contributed by atoms with van der Waals surface area (Å²) in [6, 6.07) is 0.310. The SMILES string of the molecule is Cc1sc2nc(C(C)N3CCC(N)C(C)(C)C3)[nH]c(=O)c2c1C.Cl. The second kappa shape index (κ2) is 6.75. The molecule has 0 aromatic carbocycles. The molecule has 2 aromatic rings. The van der Waals surface area contributed by atoms with Crippen LogP contribution in [0.1, 0.15) is 49.5 Å². The van der Waals surface area contributed by atoms with E-state index >= 15 is 0 Å². The number of rotatable bonds is 2. The Morgan fingerprint density at radius 2 is 2.08 bits per heavy atom. The maximum Gasteiger partial charge on any atom is 0.259 e. The van der Waals surface area contributed by atoms with Gasteiger partial charge in [-0.05, 0) is 38.2 Å². The molecule has 0 spiro atoms. The Hall–Kier alpha value is -0.950. The second-order valence-corrected chi connectivity index (χ2v) is 8.65. The van der Waals surface area contributed by atoms with Crippen molar-refractivity contribution in [3.05, 3.63) is 26.6 Å². The molecule has 1 aliphatic heterocycles. The lowest BCUT2D eigenvalue weighted by Crippen LogP contribution is -2.53. The van der Waals surface area contributed by atoms with Crippen LogP contribution in [0, 0.1) is 19.3 Å². The molecule has 1 fully saturated rings. The molecule has 0 bridgehead atoms. The van der Waals surface area contributed by atoms with Crippen LogP contribution in [0.5, 0.6) is 0 Å². The number of aryl methyl sites for hydroxylation is 2. The lowest BCUT2D eigenvalue weighted by Gasteiger charge is -2.44. The number of nitrogens with two attached hydrogens (primary N) is 1. The smallest absolute Gasteiger partial charge is 0.259 e. The molecule has 134 valence electrons. The third-order valence-corrected chi connectivity index (χ3v) is 6.44. The Morgan fingerprint density at radius 3 is 2.71 bits per heavy atom. The van der Waals surface area contributed by atoms with Gasteiger partial charge in [0.1, 0.15) is 10.7 Å². The standard InChI is InChI=1S/C17H26N4OS.ClH/c1-9-11(3)23-16-13(9)15(22)19-14(20-16)10(2)21-7-6-12(18)17(4,5)8-21;/h10,12H,6-8,18H2,1-5H3,(H,19,20,22);1H. The fourth-order valence-corrected chi connectivity index (χ4v) is 4.43. The molecule has 7 heteroatoms. The van der Waals surface area contributed by atoms with Crippen molar-refractivity contribution < 1.29 is 0 Å². The summed E-state index contributed by atoms with van der Waals surface area (Å²) in [5, 5.41) is 0.740. The Kier molecular flexibility index (Phi) is 5.45. The fourth-order valence-electron chi connectivity index (χ4n) is 3.39. The van der Waals surface area contributed by atoms with E-state index in [9.17, 15) is 4.79 Å². The maximum absolute atomic E-state index is 12.5. The number of piperidine rings is 1. The average Bonchev–Trinajstić information content (AvgIpc) is 2.76. The molecular formula is C17H27ClN4OS. The van der Waals surface area contributed by atoms with Gasteiger partial charge < -0.3 is 10.7 Å². The summed E-state index contributed by atoms with van der Waals surface area (Å²) in [7, 11) is 0. The van der Waals surface area contributed by atoms with Gasteiger partial charge in [0.15, 0.2) is 0 Å². The van der Waals surface area contributed by atoms with E-state index in [1.165, 1.54) is 0 Å². The summed E-state index contributed by atoms with van der Waals surface area (Å²) in [5.74, 6) is 0.759. The van der Waals surface area contributed by atoms with Gasteiger partial charge in [-0.2, -0.15) is 0 Å². The minimum atomic E-state index is -0.0216. The van der Waals surface area contributed by atoms with Crippen molar-refractivity contribution >= 4 is 34.0 Å². The van der Waals surface area contributed by atoms with Gasteiger partial charge in [0.2, 0.25) is 0 Å². The van der Waals surface area contributed by atoms with E-state index in [1.54, 1.807) is 11.3 Å². The average molecular weight is 371 g/mol. The van der Waals surface area contributed by atoms with Crippen LogP contribution < -0.4 is 11.3 Å². The van der Waals surface area contributed by atoms with Crippen molar-refractivity contribution in [2.24, 2.45) is 11.1 Å². The van der Waals surface area contributed by atoms with Gasteiger partial charge in [0, 0.05) is 24.0 Å². The molecule has 2 atom stereocenters. The Bertz CT molecular complexity index is 798. The van der Waals surface area contributed by atoms with Crippen molar-refractivity contribution in [3.8, 4) is 0 Å². The highest BCUT2D eigenvalue weighted by Crippen LogP contribution is 2.33. The number of halogens is 1. The van der Waals surface area contributed by atoms with Crippen molar-refractivity contribution in [1.82, 2.24) is 14.9 Å². The number of H-pyrrole nitrogens is 1. The Morgan fingerprint density at radius 1 is 1.42 bits per heavy atom. The van der Waals surface area contributed by atoms with Gasteiger partial charge in [0.25, 0.3) is 5.56 Å². The first-order chi connectivity index (χ1) is 10.7. The van der Waals surface area contributed by atoms with Gasteiger partial charge in [-0.25, -0.2) is 4.98 Å². The lowest BCUT2D eigenvalue weighted by molar-refractivity contribution is 0.0636. The van der Waals surface area contributed by atoms with Gasteiger partial charge >= 0.3 is 0 Å². The molecule has 0 aliphatic carbocycles. The van der Waals surface area contributed by atoms with Gasteiger partial charge in [0.05, 0.1) is 11.4 Å². The predicted molar refractivity (Wildman–Crippen MR) is 103 cm³/mol. The molecule has 0 saturated carbocycles. The maximum atomic E-state index is 12.5. The summed E-state index contributed by atoms with van der Waals surface area (Å²) in [5.41, 5.74) is 7.33. The van der Waals surface area contributed by atoms with Crippen molar-refractivity contribution in [3.63, 3.8) is 0 Å². The minimum Gasteiger partial charge on any atom is -0.327 e. The highest BCUT2D eigenvalue weighted by molar-refractivity contribution is 7.18. The number of hydrogen-bond donors (Lipinski definition) is 2. The minimum absolute atomic E-state index is 0. The molecule has 0 amide bonds. The molecule has 5 nitrogen and oxygen atoms in total. The largest absolute Gasteiger partial charge is 0.327 e. The zero-order chi connectivity index (χ0) is 16.9. The predicted octanol–water partition coefficient (Wildman–Crippen LogP) is 3.14. The molecular weight excluding hydrogens is 344 g/mol. The van der Waals surface area contributed by atoms with E-state index in [2.05, 4.69) is 30.7 Å². The zero-order valence-electron chi connectivity index (χ0n) is 15.0. The normalized spacial score (nSPS) is 22.3. The van der Waals surface area contributed by atoms with Crippen LogP contribution in [0.25, 0.3) is 10.2 Å². The molecule has 24 heavy (non-hydrogen) atoms. The number of fused-ring (bicyclic) bond motifs is 1. The first-order valence-electron chi connectivity index (χ1n) is 8.20. The van der Waals surface area contributed by atoms with Crippen molar-refractivity contribution in [2.75, 3.05) is 13.1 Å². The topological polar surface area (TPSA) is 75.0 Å². The summed E-state index contributed by atoms with van der Waals surface area (Å²) in [4.78, 5) is 24.6.